The molecule has 2 aromatic carbocycles. The zero-order valence-electron chi connectivity index (χ0n) is 10.7. The van der Waals surface area contributed by atoms with Gasteiger partial charge in [0.25, 0.3) is 0 Å². The Bertz CT molecular complexity index is 575. The largest absolute Gasteiger partial charge is 0.327 e. The van der Waals surface area contributed by atoms with Gasteiger partial charge in [-0.15, -0.1) is 11.8 Å². The van der Waals surface area contributed by atoms with Crippen LogP contribution in [0.15, 0.2) is 47.4 Å². The molecule has 0 heterocycles. The summed E-state index contributed by atoms with van der Waals surface area (Å²) in [6.45, 7) is 0. The monoisotopic (exact) mass is 313 g/mol. The molecular formula is C15H14ClF2NS. The van der Waals surface area contributed by atoms with Crippen LogP contribution in [0.1, 0.15) is 5.56 Å². The first kappa shape index (κ1) is 15.3. The van der Waals surface area contributed by atoms with Crippen LogP contribution < -0.4 is 5.73 Å². The molecule has 106 valence electrons. The van der Waals surface area contributed by atoms with E-state index in [1.807, 2.05) is 0 Å². The van der Waals surface area contributed by atoms with Gasteiger partial charge in [0.15, 0.2) is 0 Å². The molecule has 0 radical (unpaired) electrons. The maximum Gasteiger partial charge on any atom is 0.141 e. The Balaban J connectivity index is 1.87. The first-order valence-electron chi connectivity index (χ1n) is 6.12. The molecule has 2 N–H and O–H groups in total. The maximum atomic E-state index is 13.0. The summed E-state index contributed by atoms with van der Waals surface area (Å²) in [6, 6.07) is 10.8. The average Bonchev–Trinajstić information content (AvgIpc) is 2.42. The Labute approximate surface area is 126 Å². The zero-order chi connectivity index (χ0) is 14.5. The maximum absolute atomic E-state index is 13.0. The normalized spacial score (nSPS) is 12.4. The van der Waals surface area contributed by atoms with Crippen molar-refractivity contribution in [3.8, 4) is 0 Å². The lowest BCUT2D eigenvalue weighted by Gasteiger charge is -2.11. The quantitative estimate of drug-likeness (QED) is 0.834. The van der Waals surface area contributed by atoms with Gasteiger partial charge in [0.05, 0.1) is 5.02 Å². The number of hydrogen-bond donors (Lipinski definition) is 1. The molecule has 2 rings (SSSR count). The van der Waals surface area contributed by atoms with Gasteiger partial charge >= 0.3 is 0 Å². The molecule has 0 saturated heterocycles. The van der Waals surface area contributed by atoms with Crippen molar-refractivity contribution in [3.05, 3.63) is 64.7 Å². The first-order valence-corrected chi connectivity index (χ1v) is 7.49. The molecule has 0 aliphatic carbocycles. The van der Waals surface area contributed by atoms with E-state index in [0.717, 1.165) is 10.5 Å². The second-order valence-electron chi connectivity index (χ2n) is 4.48. The van der Waals surface area contributed by atoms with Crippen molar-refractivity contribution >= 4 is 23.4 Å². The molecule has 1 unspecified atom stereocenters. The van der Waals surface area contributed by atoms with Gasteiger partial charge < -0.3 is 5.73 Å². The summed E-state index contributed by atoms with van der Waals surface area (Å²) in [5.74, 6) is 0.0185. The van der Waals surface area contributed by atoms with Gasteiger partial charge in [0.2, 0.25) is 0 Å². The van der Waals surface area contributed by atoms with Gasteiger partial charge in [-0.3, -0.25) is 0 Å². The summed E-state index contributed by atoms with van der Waals surface area (Å²) < 4.78 is 25.8. The smallest absolute Gasteiger partial charge is 0.141 e. The van der Waals surface area contributed by atoms with E-state index >= 15 is 0 Å². The Kier molecular flexibility index (Phi) is 5.40. The van der Waals surface area contributed by atoms with Crippen LogP contribution in [-0.2, 0) is 6.42 Å². The minimum absolute atomic E-state index is 0.0772. The molecule has 0 spiro atoms. The van der Waals surface area contributed by atoms with Gasteiger partial charge in [0.1, 0.15) is 11.6 Å². The van der Waals surface area contributed by atoms with Gasteiger partial charge in [-0.05, 0) is 48.4 Å². The van der Waals surface area contributed by atoms with Gasteiger partial charge in [-0.25, -0.2) is 8.78 Å². The molecule has 0 amide bonds. The second kappa shape index (κ2) is 7.07. The summed E-state index contributed by atoms with van der Waals surface area (Å²) in [5, 5.41) is 0.112. The topological polar surface area (TPSA) is 26.0 Å². The lowest BCUT2D eigenvalue weighted by atomic mass is 10.1. The lowest BCUT2D eigenvalue weighted by molar-refractivity contribution is 0.626. The van der Waals surface area contributed by atoms with Gasteiger partial charge in [0, 0.05) is 16.7 Å². The zero-order valence-corrected chi connectivity index (χ0v) is 12.2. The molecule has 2 aromatic rings. The molecule has 0 aromatic heterocycles. The van der Waals surface area contributed by atoms with E-state index in [1.165, 1.54) is 18.2 Å². The standard InChI is InChI=1S/C15H14ClF2NS/c16-14-8-10(1-6-15(14)18)7-12(19)9-20-13-4-2-11(17)3-5-13/h1-6,8,12H,7,9,19H2. The molecule has 0 saturated carbocycles. The molecule has 0 bridgehead atoms. The lowest BCUT2D eigenvalue weighted by Crippen LogP contribution is -2.25. The fourth-order valence-electron chi connectivity index (χ4n) is 1.76. The van der Waals surface area contributed by atoms with Crippen molar-refractivity contribution < 1.29 is 8.78 Å². The molecule has 5 heteroatoms. The van der Waals surface area contributed by atoms with E-state index < -0.39 is 5.82 Å². The highest BCUT2D eigenvalue weighted by Gasteiger charge is 2.07. The van der Waals surface area contributed by atoms with E-state index in [1.54, 1.807) is 36.0 Å². The molecular weight excluding hydrogens is 300 g/mol. The summed E-state index contributed by atoms with van der Waals surface area (Å²) in [6.07, 6.45) is 0.619. The second-order valence-corrected chi connectivity index (χ2v) is 5.98. The third-order valence-electron chi connectivity index (χ3n) is 2.76. The number of nitrogens with two attached hydrogens (primary N) is 1. The summed E-state index contributed by atoms with van der Waals surface area (Å²) >= 11 is 7.29. The molecule has 0 aliphatic rings. The van der Waals surface area contributed by atoms with E-state index in [9.17, 15) is 8.78 Å². The van der Waals surface area contributed by atoms with Crippen LogP contribution in [-0.4, -0.2) is 11.8 Å². The Morgan fingerprint density at radius 1 is 1.10 bits per heavy atom. The minimum atomic E-state index is -0.426. The van der Waals surface area contributed by atoms with Crippen LogP contribution in [0.5, 0.6) is 0 Å². The number of rotatable bonds is 5. The fourth-order valence-corrected chi connectivity index (χ4v) is 2.82. The van der Waals surface area contributed by atoms with Crippen LogP contribution >= 0.6 is 23.4 Å². The number of benzene rings is 2. The van der Waals surface area contributed by atoms with Gasteiger partial charge in [-0.1, -0.05) is 17.7 Å². The SMILES string of the molecule is NC(CSc1ccc(F)cc1)Cc1ccc(F)c(Cl)c1. The summed E-state index contributed by atoms with van der Waals surface area (Å²) in [4.78, 5) is 0.971. The third kappa shape index (κ3) is 4.47. The van der Waals surface area contributed by atoms with Crippen molar-refractivity contribution in [1.82, 2.24) is 0 Å². The number of hydrogen-bond acceptors (Lipinski definition) is 2. The molecule has 1 nitrogen and oxygen atoms in total. The summed E-state index contributed by atoms with van der Waals surface area (Å²) in [5.41, 5.74) is 6.95. The van der Waals surface area contributed by atoms with Crippen LogP contribution in [0.3, 0.4) is 0 Å². The fraction of sp³-hybridized carbons (Fsp3) is 0.200. The minimum Gasteiger partial charge on any atom is -0.327 e. The highest BCUT2D eigenvalue weighted by atomic mass is 35.5. The number of halogens is 3. The molecule has 20 heavy (non-hydrogen) atoms. The predicted octanol–water partition coefficient (Wildman–Crippen LogP) is 4.28. The molecule has 1 atom stereocenters. The molecule has 0 aliphatic heterocycles. The van der Waals surface area contributed by atoms with Crippen LogP contribution in [0.2, 0.25) is 5.02 Å². The summed E-state index contributed by atoms with van der Waals surface area (Å²) in [7, 11) is 0. The highest BCUT2D eigenvalue weighted by molar-refractivity contribution is 7.99. The van der Waals surface area contributed by atoms with Crippen LogP contribution in [0, 0.1) is 11.6 Å². The third-order valence-corrected chi connectivity index (χ3v) is 4.25. The number of thioether (sulfide) groups is 1. The predicted molar refractivity (Wildman–Crippen MR) is 80.2 cm³/mol. The van der Waals surface area contributed by atoms with E-state index in [-0.39, 0.29) is 16.9 Å². The van der Waals surface area contributed by atoms with Gasteiger partial charge in [-0.2, -0.15) is 0 Å². The Hall–Kier alpha value is -1.10. The Morgan fingerprint density at radius 2 is 1.80 bits per heavy atom. The van der Waals surface area contributed by atoms with Crippen molar-refractivity contribution in [2.24, 2.45) is 5.73 Å². The van der Waals surface area contributed by atoms with E-state index in [4.69, 9.17) is 17.3 Å². The first-order chi connectivity index (χ1) is 9.54. The van der Waals surface area contributed by atoms with Crippen molar-refractivity contribution in [1.29, 1.82) is 0 Å². The van der Waals surface area contributed by atoms with Crippen molar-refractivity contribution in [3.63, 3.8) is 0 Å². The Morgan fingerprint density at radius 3 is 2.45 bits per heavy atom. The van der Waals surface area contributed by atoms with Crippen LogP contribution in [0.25, 0.3) is 0 Å². The molecule has 0 fully saturated rings. The highest BCUT2D eigenvalue weighted by Crippen LogP contribution is 2.21. The van der Waals surface area contributed by atoms with Crippen molar-refractivity contribution in [2.75, 3.05) is 5.75 Å². The van der Waals surface area contributed by atoms with Crippen LogP contribution in [0.4, 0.5) is 8.78 Å². The van der Waals surface area contributed by atoms with E-state index in [0.29, 0.717) is 12.2 Å². The van der Waals surface area contributed by atoms with E-state index in [2.05, 4.69) is 0 Å². The average molecular weight is 314 g/mol. The van der Waals surface area contributed by atoms with Crippen molar-refractivity contribution in [2.45, 2.75) is 17.4 Å².